The molecule has 1 N–H and O–H groups in total. The molecule has 1 aliphatic heterocycles. The molecule has 1 fully saturated rings. The first-order valence-electron chi connectivity index (χ1n) is 6.78. The van der Waals surface area contributed by atoms with E-state index in [0.29, 0.717) is 17.5 Å². The van der Waals surface area contributed by atoms with Gasteiger partial charge in [-0.2, -0.15) is 0 Å². The number of hydrogen-bond acceptors (Lipinski definition) is 3. The van der Waals surface area contributed by atoms with E-state index >= 15 is 0 Å². The number of carboxylic acid groups (broad SMARTS) is 1. The number of carbonyl (C=O) groups excluding carboxylic acids is 2. The van der Waals surface area contributed by atoms with Crippen molar-refractivity contribution in [2.75, 3.05) is 0 Å². The van der Waals surface area contributed by atoms with Crippen LogP contribution in [0.1, 0.15) is 46.4 Å². The predicted molar refractivity (Wildman–Crippen MR) is 70.3 cm³/mol. The van der Waals surface area contributed by atoms with Crippen LogP contribution >= 0.6 is 0 Å². The zero-order valence-corrected chi connectivity index (χ0v) is 10.9. The summed E-state index contributed by atoms with van der Waals surface area (Å²) in [4.78, 5) is 37.0. The Morgan fingerprint density at radius 3 is 2.30 bits per heavy atom. The zero-order chi connectivity index (χ0) is 14.3. The Hall–Kier alpha value is -2.17. The molecule has 2 aliphatic rings. The van der Waals surface area contributed by atoms with E-state index in [2.05, 4.69) is 0 Å². The third-order valence-electron chi connectivity index (χ3n) is 4.21. The summed E-state index contributed by atoms with van der Waals surface area (Å²) in [6.45, 7) is 0. The zero-order valence-electron chi connectivity index (χ0n) is 10.9. The van der Waals surface area contributed by atoms with Gasteiger partial charge in [0.2, 0.25) is 0 Å². The van der Waals surface area contributed by atoms with E-state index in [0.717, 1.165) is 12.8 Å². The van der Waals surface area contributed by atoms with E-state index in [9.17, 15) is 14.4 Å². The van der Waals surface area contributed by atoms with Crippen LogP contribution in [0.25, 0.3) is 0 Å². The van der Waals surface area contributed by atoms with Gasteiger partial charge in [0.15, 0.2) is 0 Å². The summed E-state index contributed by atoms with van der Waals surface area (Å²) in [7, 11) is 0. The molecule has 1 aromatic rings. The second-order valence-electron chi connectivity index (χ2n) is 5.38. The van der Waals surface area contributed by atoms with Gasteiger partial charge in [-0.05, 0) is 30.9 Å². The fraction of sp³-hybridized carbons (Fsp3) is 0.400. The molecule has 5 nitrogen and oxygen atoms in total. The van der Waals surface area contributed by atoms with Crippen LogP contribution in [0.5, 0.6) is 0 Å². The van der Waals surface area contributed by atoms with Crippen molar-refractivity contribution in [2.45, 2.75) is 31.7 Å². The number of aliphatic carboxylic acids is 1. The fourth-order valence-electron chi connectivity index (χ4n) is 3.33. The highest BCUT2D eigenvalue weighted by Crippen LogP contribution is 2.36. The standard InChI is InChI=1S/C15H15NO4/c17-13(18)8-9-4-3-7-12(9)16-14(19)10-5-1-2-6-11(10)15(16)20/h1-2,5-6,9,12H,3-4,7-8H2,(H,17,18). The van der Waals surface area contributed by atoms with Crippen molar-refractivity contribution in [3.63, 3.8) is 0 Å². The Balaban J connectivity index is 1.90. The van der Waals surface area contributed by atoms with Crippen LogP contribution in [-0.2, 0) is 4.79 Å². The van der Waals surface area contributed by atoms with E-state index in [1.165, 1.54) is 4.90 Å². The van der Waals surface area contributed by atoms with Crippen molar-refractivity contribution >= 4 is 17.8 Å². The Labute approximate surface area is 116 Å². The van der Waals surface area contributed by atoms with Gasteiger partial charge in [-0.3, -0.25) is 19.3 Å². The van der Waals surface area contributed by atoms with E-state index < -0.39 is 5.97 Å². The Morgan fingerprint density at radius 2 is 1.75 bits per heavy atom. The average Bonchev–Trinajstić information content (AvgIpc) is 2.94. The van der Waals surface area contributed by atoms with Gasteiger partial charge in [-0.1, -0.05) is 18.6 Å². The van der Waals surface area contributed by atoms with Gasteiger partial charge in [0.25, 0.3) is 11.8 Å². The molecular weight excluding hydrogens is 258 g/mol. The van der Waals surface area contributed by atoms with Gasteiger partial charge in [0.1, 0.15) is 0 Å². The molecule has 0 bridgehead atoms. The minimum Gasteiger partial charge on any atom is -0.481 e. The molecule has 0 aromatic heterocycles. The Kier molecular flexibility index (Phi) is 3.04. The van der Waals surface area contributed by atoms with E-state index in [-0.39, 0.29) is 30.2 Å². The molecule has 3 rings (SSSR count). The van der Waals surface area contributed by atoms with Crippen molar-refractivity contribution in [3.8, 4) is 0 Å². The van der Waals surface area contributed by atoms with Crippen LogP contribution < -0.4 is 0 Å². The minimum atomic E-state index is -0.876. The number of nitrogens with zero attached hydrogens (tertiary/aromatic N) is 1. The Bertz CT molecular complexity index is 560. The SMILES string of the molecule is O=C(O)CC1CCCC1N1C(=O)c2ccccc2C1=O. The number of fused-ring (bicyclic) bond motifs is 1. The largest absolute Gasteiger partial charge is 0.481 e. The number of benzene rings is 1. The highest BCUT2D eigenvalue weighted by molar-refractivity contribution is 6.21. The summed E-state index contributed by atoms with van der Waals surface area (Å²) >= 11 is 0. The van der Waals surface area contributed by atoms with Gasteiger partial charge in [-0.15, -0.1) is 0 Å². The van der Waals surface area contributed by atoms with Crippen LogP contribution in [0.3, 0.4) is 0 Å². The normalized spacial score (nSPS) is 25.1. The molecule has 1 heterocycles. The summed E-state index contributed by atoms with van der Waals surface area (Å²) < 4.78 is 0. The highest BCUT2D eigenvalue weighted by atomic mass is 16.4. The third-order valence-corrected chi connectivity index (χ3v) is 4.21. The van der Waals surface area contributed by atoms with Crippen molar-refractivity contribution < 1.29 is 19.5 Å². The summed E-state index contributed by atoms with van der Waals surface area (Å²) in [6, 6.07) is 6.49. The number of carboxylic acids is 1. The molecule has 1 aliphatic carbocycles. The third kappa shape index (κ3) is 1.90. The number of imide groups is 1. The molecule has 20 heavy (non-hydrogen) atoms. The average molecular weight is 273 g/mol. The van der Waals surface area contributed by atoms with Crippen LogP contribution in [0.2, 0.25) is 0 Å². The minimum absolute atomic E-state index is 0.0120. The van der Waals surface area contributed by atoms with Gasteiger partial charge < -0.3 is 5.11 Å². The quantitative estimate of drug-likeness (QED) is 0.854. The molecule has 2 atom stereocenters. The second-order valence-corrected chi connectivity index (χ2v) is 5.38. The van der Waals surface area contributed by atoms with Gasteiger partial charge in [0, 0.05) is 6.04 Å². The first-order valence-corrected chi connectivity index (χ1v) is 6.78. The molecule has 0 radical (unpaired) electrons. The maximum absolute atomic E-state index is 12.4. The predicted octanol–water partition coefficient (Wildman–Crippen LogP) is 1.93. The fourth-order valence-corrected chi connectivity index (χ4v) is 3.33. The van der Waals surface area contributed by atoms with E-state index in [1.807, 2.05) is 0 Å². The van der Waals surface area contributed by atoms with Gasteiger partial charge in [-0.25, -0.2) is 0 Å². The Morgan fingerprint density at radius 1 is 1.15 bits per heavy atom. The number of hydrogen-bond donors (Lipinski definition) is 1. The number of rotatable bonds is 3. The molecule has 1 aromatic carbocycles. The maximum atomic E-state index is 12.4. The number of carbonyl (C=O) groups is 3. The molecule has 0 saturated heterocycles. The van der Waals surface area contributed by atoms with Crippen molar-refractivity contribution in [3.05, 3.63) is 35.4 Å². The summed E-state index contributed by atoms with van der Waals surface area (Å²) in [5, 5.41) is 8.95. The lowest BCUT2D eigenvalue weighted by Crippen LogP contribution is -2.42. The molecule has 2 amide bonds. The smallest absolute Gasteiger partial charge is 0.303 e. The van der Waals surface area contributed by atoms with Crippen LogP contribution in [0.4, 0.5) is 0 Å². The first kappa shape index (κ1) is 12.8. The lowest BCUT2D eigenvalue weighted by Gasteiger charge is -2.27. The number of amides is 2. The van der Waals surface area contributed by atoms with Crippen LogP contribution in [0.15, 0.2) is 24.3 Å². The lowest BCUT2D eigenvalue weighted by molar-refractivity contribution is -0.138. The molecule has 104 valence electrons. The highest BCUT2D eigenvalue weighted by Gasteiger charge is 2.44. The van der Waals surface area contributed by atoms with E-state index in [4.69, 9.17) is 5.11 Å². The molecule has 2 unspecified atom stereocenters. The molecule has 1 saturated carbocycles. The summed E-state index contributed by atoms with van der Waals surface area (Å²) in [5.74, 6) is -1.58. The lowest BCUT2D eigenvalue weighted by atomic mass is 9.98. The molecular formula is C15H15NO4. The molecule has 5 heteroatoms. The van der Waals surface area contributed by atoms with Crippen molar-refractivity contribution in [1.82, 2.24) is 4.90 Å². The van der Waals surface area contributed by atoms with Crippen LogP contribution in [0, 0.1) is 5.92 Å². The van der Waals surface area contributed by atoms with Crippen LogP contribution in [-0.4, -0.2) is 33.8 Å². The van der Waals surface area contributed by atoms with Crippen molar-refractivity contribution in [2.24, 2.45) is 5.92 Å². The topological polar surface area (TPSA) is 74.7 Å². The second kappa shape index (κ2) is 4.74. The van der Waals surface area contributed by atoms with Gasteiger partial charge >= 0.3 is 5.97 Å². The van der Waals surface area contributed by atoms with Gasteiger partial charge in [0.05, 0.1) is 17.5 Å². The van der Waals surface area contributed by atoms with Crippen molar-refractivity contribution in [1.29, 1.82) is 0 Å². The summed E-state index contributed by atoms with van der Waals surface area (Å²) in [6.07, 6.45) is 2.32. The summed E-state index contributed by atoms with van der Waals surface area (Å²) in [5.41, 5.74) is 0.858. The maximum Gasteiger partial charge on any atom is 0.303 e. The monoisotopic (exact) mass is 273 g/mol. The first-order chi connectivity index (χ1) is 9.59. The van der Waals surface area contributed by atoms with E-state index in [1.54, 1.807) is 24.3 Å². The molecule has 0 spiro atoms.